The van der Waals surface area contributed by atoms with E-state index < -0.39 is 6.17 Å². The van der Waals surface area contributed by atoms with Gasteiger partial charge in [-0.1, -0.05) is 0 Å². The van der Waals surface area contributed by atoms with Crippen LogP contribution in [0, 0.1) is 11.8 Å². The first-order valence-electron chi connectivity index (χ1n) is 14.9. The Labute approximate surface area is 224 Å². The van der Waals surface area contributed by atoms with Gasteiger partial charge in [-0.2, -0.15) is 0 Å². The smallest absolute Gasteiger partial charge is 0.228 e. The minimum Gasteiger partial charge on any atom is -0.342 e. The van der Waals surface area contributed by atoms with E-state index in [1.165, 1.54) is 0 Å². The number of rotatable bonds is 9. The van der Waals surface area contributed by atoms with Crippen LogP contribution in [0.3, 0.4) is 0 Å². The van der Waals surface area contributed by atoms with E-state index in [0.29, 0.717) is 36.5 Å². The summed E-state index contributed by atoms with van der Waals surface area (Å²) in [6.07, 6.45) is 0.729. The van der Waals surface area contributed by atoms with Gasteiger partial charge in [-0.25, -0.2) is 4.39 Å². The molecule has 0 aliphatic carbocycles. The topological polar surface area (TPSA) is 80.1 Å². The first kappa shape index (κ1) is 29.2. The van der Waals surface area contributed by atoms with Crippen LogP contribution < -0.4 is 16.4 Å². The Morgan fingerprint density at radius 2 is 1.49 bits per heavy atom. The lowest BCUT2D eigenvalue weighted by molar-refractivity contribution is -0.142. The molecule has 0 bridgehead atoms. The molecule has 4 aliphatic heterocycles. The molecule has 0 aromatic carbocycles. The van der Waals surface area contributed by atoms with Crippen molar-refractivity contribution in [2.75, 3.05) is 58.9 Å². The highest BCUT2D eigenvalue weighted by molar-refractivity contribution is 5.81. The number of amides is 1. The monoisotopic (exact) mass is 523 g/mol. The molecular formula is C28H54FN7O. The molecular weight excluding hydrogens is 469 g/mol. The third-order valence-electron chi connectivity index (χ3n) is 9.35. The minimum absolute atomic E-state index is 0.0609. The molecule has 37 heavy (non-hydrogen) atoms. The minimum atomic E-state index is -0.857. The summed E-state index contributed by atoms with van der Waals surface area (Å²) in [6.45, 7) is 21.0. The second-order valence-corrected chi connectivity index (χ2v) is 13.2. The molecule has 0 saturated carbocycles. The second kappa shape index (κ2) is 12.6. The largest absolute Gasteiger partial charge is 0.342 e. The van der Waals surface area contributed by atoms with Crippen molar-refractivity contribution >= 4 is 5.91 Å². The number of nitrogens with zero attached hydrogens (tertiary/aromatic N) is 4. The van der Waals surface area contributed by atoms with Gasteiger partial charge in [-0.15, -0.1) is 0 Å². The highest BCUT2D eigenvalue weighted by Crippen LogP contribution is 2.28. The summed E-state index contributed by atoms with van der Waals surface area (Å²) in [5.41, 5.74) is 6.34. The Morgan fingerprint density at radius 1 is 0.865 bits per heavy atom. The van der Waals surface area contributed by atoms with Gasteiger partial charge in [0.1, 0.15) is 6.17 Å². The second-order valence-electron chi connectivity index (χ2n) is 13.2. The molecule has 0 aromatic rings. The molecule has 4 fully saturated rings. The number of nitrogens with two attached hydrogens (primary N) is 1. The van der Waals surface area contributed by atoms with Crippen LogP contribution in [-0.4, -0.2) is 133 Å². The van der Waals surface area contributed by atoms with Crippen LogP contribution in [0.1, 0.15) is 54.4 Å². The van der Waals surface area contributed by atoms with Crippen molar-refractivity contribution in [1.29, 1.82) is 0 Å². The lowest BCUT2D eigenvalue weighted by Gasteiger charge is -2.46. The molecule has 4 N–H and O–H groups in total. The molecule has 0 aromatic heterocycles. The summed E-state index contributed by atoms with van der Waals surface area (Å²) in [4.78, 5) is 22.3. The number of halogens is 1. The first-order valence-corrected chi connectivity index (χ1v) is 14.9. The van der Waals surface area contributed by atoms with E-state index in [9.17, 15) is 4.79 Å². The summed E-state index contributed by atoms with van der Waals surface area (Å²) in [7, 11) is 0. The fourth-order valence-corrected chi connectivity index (χ4v) is 6.81. The SMILES string of the molecule is CC(C)N1CC(CC2CN(C(=O)C3CN(C(C)C)CC3N)C2)NC(CC(F)C2CN(C(C)C)CCN2)C1. The quantitative estimate of drug-likeness (QED) is 0.416. The van der Waals surface area contributed by atoms with Gasteiger partial charge < -0.3 is 21.3 Å². The first-order chi connectivity index (χ1) is 17.5. The normalized spacial score (nSPS) is 34.0. The molecule has 4 aliphatic rings. The van der Waals surface area contributed by atoms with Gasteiger partial charge >= 0.3 is 0 Å². The summed E-state index contributed by atoms with van der Waals surface area (Å²) in [5, 5.41) is 7.24. The number of nitrogens with one attached hydrogen (secondary N) is 2. The zero-order valence-corrected chi connectivity index (χ0v) is 24.2. The van der Waals surface area contributed by atoms with Crippen LogP contribution in [0.2, 0.25) is 0 Å². The van der Waals surface area contributed by atoms with Crippen molar-refractivity contribution in [3.05, 3.63) is 0 Å². The number of alkyl halides is 1. The molecule has 214 valence electrons. The maximum Gasteiger partial charge on any atom is 0.228 e. The van der Waals surface area contributed by atoms with Gasteiger partial charge in [0.2, 0.25) is 5.91 Å². The fraction of sp³-hybridized carbons (Fsp3) is 0.964. The Hall–Kier alpha value is -0.840. The van der Waals surface area contributed by atoms with Gasteiger partial charge in [-0.05, 0) is 60.3 Å². The number of carbonyl (C=O) groups is 1. The van der Waals surface area contributed by atoms with Crippen molar-refractivity contribution in [1.82, 2.24) is 30.2 Å². The van der Waals surface area contributed by atoms with E-state index in [2.05, 4.69) is 66.9 Å². The van der Waals surface area contributed by atoms with E-state index in [4.69, 9.17) is 5.73 Å². The number of carbonyl (C=O) groups excluding carboxylic acids is 1. The molecule has 4 heterocycles. The third kappa shape index (κ3) is 7.22. The maximum atomic E-state index is 15.5. The molecule has 6 unspecified atom stereocenters. The van der Waals surface area contributed by atoms with Gasteiger partial charge in [0, 0.05) is 95.2 Å². The highest BCUT2D eigenvalue weighted by atomic mass is 19.1. The van der Waals surface area contributed by atoms with Crippen LogP contribution in [0.15, 0.2) is 0 Å². The van der Waals surface area contributed by atoms with Gasteiger partial charge in [-0.3, -0.25) is 19.5 Å². The van der Waals surface area contributed by atoms with Crippen LogP contribution in [0.5, 0.6) is 0 Å². The average molecular weight is 524 g/mol. The van der Waals surface area contributed by atoms with E-state index in [0.717, 1.165) is 65.3 Å². The molecule has 6 atom stereocenters. The lowest BCUT2D eigenvalue weighted by atomic mass is 9.88. The van der Waals surface area contributed by atoms with Gasteiger partial charge in [0.15, 0.2) is 0 Å². The van der Waals surface area contributed by atoms with Crippen LogP contribution in [-0.2, 0) is 4.79 Å². The Balaban J connectivity index is 1.26. The highest BCUT2D eigenvalue weighted by Gasteiger charge is 2.43. The van der Waals surface area contributed by atoms with Gasteiger partial charge in [0.05, 0.1) is 12.0 Å². The summed E-state index contributed by atoms with van der Waals surface area (Å²) in [6, 6.07) is 1.67. The Kier molecular flexibility index (Phi) is 9.89. The predicted molar refractivity (Wildman–Crippen MR) is 148 cm³/mol. The molecule has 4 rings (SSSR count). The van der Waals surface area contributed by atoms with E-state index in [1.807, 2.05) is 4.90 Å². The zero-order chi connectivity index (χ0) is 26.9. The van der Waals surface area contributed by atoms with E-state index in [-0.39, 0.29) is 30.0 Å². The summed E-state index contributed by atoms with van der Waals surface area (Å²) < 4.78 is 15.5. The third-order valence-corrected chi connectivity index (χ3v) is 9.35. The Bertz CT molecular complexity index is 746. The number of hydrogen-bond acceptors (Lipinski definition) is 7. The molecule has 4 saturated heterocycles. The van der Waals surface area contributed by atoms with Crippen molar-refractivity contribution in [2.45, 2.75) is 103 Å². The van der Waals surface area contributed by atoms with Crippen molar-refractivity contribution in [3.8, 4) is 0 Å². The number of likely N-dealkylation sites (tertiary alicyclic amines) is 2. The standard InChI is InChI=1S/C28H54FN7O/c1-18(2)33-8-7-31-27(17-33)25(29)10-23-14-34(19(3)4)13-22(32-23)9-21-11-36(12-21)28(37)24-15-35(20(5)6)16-26(24)30/h18-27,31-32H,7-17,30H2,1-6H3. The molecule has 0 spiro atoms. The maximum absolute atomic E-state index is 15.5. The Morgan fingerprint density at radius 3 is 2.11 bits per heavy atom. The summed E-state index contributed by atoms with van der Waals surface area (Å²) in [5.74, 6) is 0.674. The van der Waals surface area contributed by atoms with Gasteiger partial charge in [0.25, 0.3) is 0 Å². The summed E-state index contributed by atoms with van der Waals surface area (Å²) >= 11 is 0. The van der Waals surface area contributed by atoms with E-state index in [1.54, 1.807) is 0 Å². The van der Waals surface area contributed by atoms with Crippen molar-refractivity contribution in [3.63, 3.8) is 0 Å². The number of hydrogen-bond donors (Lipinski definition) is 3. The van der Waals surface area contributed by atoms with Crippen LogP contribution >= 0.6 is 0 Å². The van der Waals surface area contributed by atoms with Crippen LogP contribution in [0.25, 0.3) is 0 Å². The predicted octanol–water partition coefficient (Wildman–Crippen LogP) is 0.964. The van der Waals surface area contributed by atoms with E-state index >= 15 is 4.39 Å². The molecule has 8 nitrogen and oxygen atoms in total. The fourth-order valence-electron chi connectivity index (χ4n) is 6.81. The molecule has 1 amide bonds. The zero-order valence-electron chi connectivity index (χ0n) is 24.2. The average Bonchev–Trinajstić information content (AvgIpc) is 3.22. The molecule has 0 radical (unpaired) electrons. The van der Waals surface area contributed by atoms with Crippen LogP contribution in [0.4, 0.5) is 4.39 Å². The molecule has 9 heteroatoms. The van der Waals surface area contributed by atoms with Crippen molar-refractivity contribution < 1.29 is 9.18 Å². The lowest BCUT2D eigenvalue weighted by Crippen LogP contribution is -2.62. The number of piperazine rings is 2. The van der Waals surface area contributed by atoms with Crippen molar-refractivity contribution in [2.24, 2.45) is 17.6 Å².